The minimum Gasteiger partial charge on any atom is -0.294 e. The number of rotatable bonds is 3. The number of aryl methyl sites for hydroxylation is 2. The molecule has 0 saturated heterocycles. The fourth-order valence-electron chi connectivity index (χ4n) is 1.36. The standard InChI is InChI=1S/C11H13N3O/c1-7-4-5-8(2)10(6-7)11(15)9(3)13-14-12/h4-6,9H,1-3H3. The van der Waals surface area contributed by atoms with E-state index in [4.69, 9.17) is 5.53 Å². The van der Waals surface area contributed by atoms with Crippen LogP contribution >= 0.6 is 0 Å². The number of ketones is 1. The number of carbonyl (C=O) groups excluding carboxylic acids is 1. The molecule has 1 rings (SSSR count). The summed E-state index contributed by atoms with van der Waals surface area (Å²) >= 11 is 0. The molecular formula is C11H13N3O. The van der Waals surface area contributed by atoms with Gasteiger partial charge in [-0.2, -0.15) is 0 Å². The minimum absolute atomic E-state index is 0.131. The van der Waals surface area contributed by atoms with E-state index in [-0.39, 0.29) is 5.78 Å². The summed E-state index contributed by atoms with van der Waals surface area (Å²) in [5, 5.41) is 3.40. The number of nitrogens with zero attached hydrogens (tertiary/aromatic N) is 3. The molecule has 0 aliphatic heterocycles. The van der Waals surface area contributed by atoms with Crippen molar-refractivity contribution in [2.24, 2.45) is 5.11 Å². The van der Waals surface area contributed by atoms with Gasteiger partial charge >= 0.3 is 0 Å². The van der Waals surface area contributed by atoms with E-state index in [2.05, 4.69) is 10.0 Å². The van der Waals surface area contributed by atoms with Crippen molar-refractivity contribution in [1.82, 2.24) is 0 Å². The van der Waals surface area contributed by atoms with E-state index in [1.807, 2.05) is 32.0 Å². The molecule has 0 radical (unpaired) electrons. The molecule has 4 nitrogen and oxygen atoms in total. The van der Waals surface area contributed by atoms with Crippen molar-refractivity contribution in [2.45, 2.75) is 26.8 Å². The highest BCUT2D eigenvalue weighted by molar-refractivity contribution is 6.01. The lowest BCUT2D eigenvalue weighted by molar-refractivity contribution is 0.0967. The molecule has 0 amide bonds. The van der Waals surface area contributed by atoms with E-state index in [0.717, 1.165) is 11.1 Å². The highest BCUT2D eigenvalue weighted by atomic mass is 16.1. The van der Waals surface area contributed by atoms with Gasteiger partial charge in [0.2, 0.25) is 0 Å². The maximum atomic E-state index is 11.8. The molecule has 0 spiro atoms. The highest BCUT2D eigenvalue weighted by Gasteiger charge is 2.15. The molecule has 0 aromatic heterocycles. The van der Waals surface area contributed by atoms with Crippen LogP contribution in [0.25, 0.3) is 10.4 Å². The van der Waals surface area contributed by atoms with Crippen LogP contribution in [0.15, 0.2) is 23.3 Å². The van der Waals surface area contributed by atoms with Crippen LogP contribution < -0.4 is 0 Å². The van der Waals surface area contributed by atoms with Gasteiger partial charge in [0, 0.05) is 10.5 Å². The van der Waals surface area contributed by atoms with E-state index in [9.17, 15) is 4.79 Å². The molecule has 15 heavy (non-hydrogen) atoms. The fraction of sp³-hybridized carbons (Fsp3) is 0.364. The van der Waals surface area contributed by atoms with Gasteiger partial charge in [0.1, 0.15) is 0 Å². The van der Waals surface area contributed by atoms with Crippen molar-refractivity contribution in [3.63, 3.8) is 0 Å². The van der Waals surface area contributed by atoms with Crippen LogP contribution in [0.5, 0.6) is 0 Å². The Kier molecular flexibility index (Phi) is 3.47. The topological polar surface area (TPSA) is 65.8 Å². The smallest absolute Gasteiger partial charge is 0.171 e. The lowest BCUT2D eigenvalue weighted by Crippen LogP contribution is -2.15. The van der Waals surface area contributed by atoms with Gasteiger partial charge < -0.3 is 0 Å². The molecule has 1 atom stereocenters. The highest BCUT2D eigenvalue weighted by Crippen LogP contribution is 2.14. The van der Waals surface area contributed by atoms with Gasteiger partial charge in [-0.15, -0.1) is 0 Å². The normalized spacial score (nSPS) is 11.7. The van der Waals surface area contributed by atoms with Crippen molar-refractivity contribution >= 4 is 5.78 Å². The summed E-state index contributed by atoms with van der Waals surface area (Å²) < 4.78 is 0. The maximum absolute atomic E-state index is 11.8. The van der Waals surface area contributed by atoms with Crippen molar-refractivity contribution in [2.75, 3.05) is 0 Å². The maximum Gasteiger partial charge on any atom is 0.171 e. The fourth-order valence-corrected chi connectivity index (χ4v) is 1.36. The average molecular weight is 203 g/mol. The van der Waals surface area contributed by atoms with Gasteiger partial charge in [0.15, 0.2) is 5.78 Å². The summed E-state index contributed by atoms with van der Waals surface area (Å²) in [6, 6.07) is 5.02. The van der Waals surface area contributed by atoms with E-state index < -0.39 is 6.04 Å². The van der Waals surface area contributed by atoms with Crippen molar-refractivity contribution in [3.05, 3.63) is 45.3 Å². The second-order valence-corrected chi connectivity index (χ2v) is 3.56. The Labute approximate surface area is 88.6 Å². The van der Waals surface area contributed by atoms with Crippen LogP contribution in [-0.2, 0) is 0 Å². The van der Waals surface area contributed by atoms with Crippen LogP contribution in [0.1, 0.15) is 28.4 Å². The Morgan fingerprint density at radius 2 is 2.13 bits per heavy atom. The Hall–Kier alpha value is -1.80. The van der Waals surface area contributed by atoms with Gasteiger partial charge in [-0.3, -0.25) is 4.79 Å². The predicted octanol–water partition coefficient (Wildman–Crippen LogP) is 3.18. The molecule has 1 aromatic rings. The minimum atomic E-state index is -0.643. The molecule has 0 bridgehead atoms. The summed E-state index contributed by atoms with van der Waals surface area (Å²) in [7, 11) is 0. The van der Waals surface area contributed by atoms with Crippen LogP contribution in [-0.4, -0.2) is 11.8 Å². The van der Waals surface area contributed by atoms with Crippen LogP contribution in [0.4, 0.5) is 0 Å². The Morgan fingerprint density at radius 1 is 1.47 bits per heavy atom. The first-order valence-electron chi connectivity index (χ1n) is 4.72. The average Bonchev–Trinajstić information content (AvgIpc) is 2.21. The summed E-state index contributed by atoms with van der Waals surface area (Å²) in [5.74, 6) is -0.131. The Bertz CT molecular complexity index is 433. The zero-order chi connectivity index (χ0) is 11.4. The number of benzene rings is 1. The quantitative estimate of drug-likeness (QED) is 0.322. The van der Waals surface area contributed by atoms with Gasteiger partial charge in [0.25, 0.3) is 0 Å². The third-order valence-electron chi connectivity index (χ3n) is 2.26. The predicted molar refractivity (Wildman–Crippen MR) is 58.9 cm³/mol. The molecule has 0 fully saturated rings. The lowest BCUT2D eigenvalue weighted by atomic mass is 9.99. The third-order valence-corrected chi connectivity index (χ3v) is 2.26. The van der Waals surface area contributed by atoms with Gasteiger partial charge in [-0.25, -0.2) is 0 Å². The largest absolute Gasteiger partial charge is 0.294 e. The second-order valence-electron chi connectivity index (χ2n) is 3.56. The summed E-state index contributed by atoms with van der Waals surface area (Å²) in [6.45, 7) is 5.40. The van der Waals surface area contributed by atoms with Crippen LogP contribution in [0.3, 0.4) is 0 Å². The molecule has 0 heterocycles. The molecular weight excluding hydrogens is 190 g/mol. The number of Topliss-reactive ketones (excluding diaryl/α,β-unsaturated/α-hetero) is 1. The molecule has 78 valence electrons. The number of hydrogen-bond acceptors (Lipinski definition) is 2. The molecule has 0 saturated carbocycles. The van der Waals surface area contributed by atoms with Gasteiger partial charge in [0.05, 0.1) is 6.04 Å². The first-order valence-corrected chi connectivity index (χ1v) is 4.72. The van der Waals surface area contributed by atoms with Crippen molar-refractivity contribution < 1.29 is 4.79 Å². The van der Waals surface area contributed by atoms with Crippen LogP contribution in [0.2, 0.25) is 0 Å². The number of carbonyl (C=O) groups is 1. The SMILES string of the molecule is Cc1ccc(C)c(C(=O)C(C)N=[N+]=[N-])c1. The van der Waals surface area contributed by atoms with Crippen molar-refractivity contribution in [1.29, 1.82) is 0 Å². The molecule has 1 aromatic carbocycles. The molecule has 0 N–H and O–H groups in total. The first kappa shape index (κ1) is 11.3. The molecule has 1 unspecified atom stereocenters. The van der Waals surface area contributed by atoms with E-state index in [1.54, 1.807) is 6.92 Å². The first-order chi connectivity index (χ1) is 7.06. The molecule has 4 heteroatoms. The van der Waals surface area contributed by atoms with Crippen molar-refractivity contribution in [3.8, 4) is 0 Å². The second kappa shape index (κ2) is 4.62. The lowest BCUT2D eigenvalue weighted by Gasteiger charge is -2.08. The van der Waals surface area contributed by atoms with E-state index in [1.165, 1.54) is 0 Å². The molecule has 0 aliphatic carbocycles. The van der Waals surface area contributed by atoms with E-state index in [0.29, 0.717) is 5.56 Å². The summed E-state index contributed by atoms with van der Waals surface area (Å²) in [6.07, 6.45) is 0. The monoisotopic (exact) mass is 203 g/mol. The third kappa shape index (κ3) is 2.58. The Morgan fingerprint density at radius 3 is 2.73 bits per heavy atom. The summed E-state index contributed by atoms with van der Waals surface area (Å²) in [5.41, 5.74) is 10.8. The van der Waals surface area contributed by atoms with Gasteiger partial charge in [-0.1, -0.05) is 22.8 Å². The van der Waals surface area contributed by atoms with E-state index >= 15 is 0 Å². The van der Waals surface area contributed by atoms with Crippen LogP contribution in [0, 0.1) is 13.8 Å². The zero-order valence-electron chi connectivity index (χ0n) is 9.06. The number of azide groups is 1. The summed E-state index contributed by atoms with van der Waals surface area (Å²) in [4.78, 5) is 14.5. The Balaban J connectivity index is 3.10. The van der Waals surface area contributed by atoms with Gasteiger partial charge in [-0.05, 0) is 37.9 Å². The number of hydrogen-bond donors (Lipinski definition) is 0. The molecule has 0 aliphatic rings. The zero-order valence-corrected chi connectivity index (χ0v) is 9.06.